The Bertz CT molecular complexity index is 491. The second-order valence-corrected chi connectivity index (χ2v) is 4.96. The van der Waals surface area contributed by atoms with Crippen molar-refractivity contribution in [1.82, 2.24) is 5.32 Å². The number of amides is 1. The number of rotatable bonds is 9. The van der Waals surface area contributed by atoms with E-state index in [1.165, 1.54) is 21.3 Å². The molecule has 0 spiro atoms. The smallest absolute Gasteiger partial charge is 0.255 e. The van der Waals surface area contributed by atoms with Crippen LogP contribution in [0, 0.1) is 0 Å². The van der Waals surface area contributed by atoms with E-state index in [4.69, 9.17) is 19.9 Å². The van der Waals surface area contributed by atoms with Gasteiger partial charge in [-0.05, 0) is 6.42 Å². The minimum Gasteiger partial charge on any atom is -0.496 e. The molecule has 22 heavy (non-hydrogen) atoms. The number of nitrogens with two attached hydrogens (primary N) is 1. The number of unbranched alkanes of at least 4 members (excludes halogenated alkanes) is 1. The van der Waals surface area contributed by atoms with Crippen LogP contribution in [0.4, 0.5) is 0 Å². The standard InChI is InChI=1S/C16H26N2O4/c1-5-6-7-11(10-17)18-16(19)12-8-14(21-3)15(22-4)9-13(12)20-2/h8-9,11H,5-7,10,17H2,1-4H3,(H,18,19). The molecule has 0 aliphatic rings. The van der Waals surface area contributed by atoms with Gasteiger partial charge in [0, 0.05) is 24.7 Å². The molecule has 6 heteroatoms. The summed E-state index contributed by atoms with van der Waals surface area (Å²) >= 11 is 0. The van der Waals surface area contributed by atoms with Crippen LogP contribution in [0.2, 0.25) is 0 Å². The Morgan fingerprint density at radius 2 is 1.73 bits per heavy atom. The SMILES string of the molecule is CCCCC(CN)NC(=O)c1cc(OC)c(OC)cc1OC. The number of nitrogens with one attached hydrogen (secondary N) is 1. The van der Waals surface area contributed by atoms with Crippen molar-refractivity contribution in [1.29, 1.82) is 0 Å². The predicted molar refractivity (Wildman–Crippen MR) is 85.9 cm³/mol. The minimum atomic E-state index is -0.232. The van der Waals surface area contributed by atoms with Gasteiger partial charge in [0.05, 0.1) is 26.9 Å². The third-order valence-corrected chi connectivity index (χ3v) is 3.48. The maximum atomic E-state index is 12.5. The Balaban J connectivity index is 3.00. The number of carbonyl (C=O) groups is 1. The first-order valence-electron chi connectivity index (χ1n) is 7.42. The lowest BCUT2D eigenvalue weighted by Crippen LogP contribution is -2.40. The van der Waals surface area contributed by atoms with Crippen molar-refractivity contribution < 1.29 is 19.0 Å². The van der Waals surface area contributed by atoms with Gasteiger partial charge in [-0.2, -0.15) is 0 Å². The number of carbonyl (C=O) groups excluding carboxylic acids is 1. The van der Waals surface area contributed by atoms with Crippen LogP contribution in [0.25, 0.3) is 0 Å². The summed E-state index contributed by atoms with van der Waals surface area (Å²) in [7, 11) is 4.57. The zero-order chi connectivity index (χ0) is 16.5. The summed E-state index contributed by atoms with van der Waals surface area (Å²) in [6.07, 6.45) is 2.94. The Kier molecular flexibility index (Phi) is 7.52. The molecule has 0 heterocycles. The van der Waals surface area contributed by atoms with Gasteiger partial charge >= 0.3 is 0 Å². The van der Waals surface area contributed by atoms with Crippen LogP contribution < -0.4 is 25.3 Å². The molecule has 0 aromatic heterocycles. The predicted octanol–water partition coefficient (Wildman–Crippen LogP) is 1.96. The lowest BCUT2D eigenvalue weighted by molar-refractivity contribution is 0.0932. The molecule has 1 rings (SSSR count). The van der Waals surface area contributed by atoms with E-state index >= 15 is 0 Å². The number of methoxy groups -OCH3 is 3. The van der Waals surface area contributed by atoms with E-state index in [0.29, 0.717) is 29.4 Å². The highest BCUT2D eigenvalue weighted by molar-refractivity contribution is 5.98. The molecular weight excluding hydrogens is 284 g/mol. The molecule has 1 aromatic rings. The average molecular weight is 310 g/mol. The summed E-state index contributed by atoms with van der Waals surface area (Å²) in [6.45, 7) is 2.51. The molecule has 6 nitrogen and oxygen atoms in total. The molecule has 0 aliphatic heterocycles. The fraction of sp³-hybridized carbons (Fsp3) is 0.562. The molecule has 0 fully saturated rings. The zero-order valence-corrected chi connectivity index (χ0v) is 13.8. The fourth-order valence-electron chi connectivity index (χ4n) is 2.17. The van der Waals surface area contributed by atoms with Crippen molar-refractivity contribution >= 4 is 5.91 Å². The Morgan fingerprint density at radius 1 is 1.14 bits per heavy atom. The van der Waals surface area contributed by atoms with Crippen LogP contribution in [0.15, 0.2) is 12.1 Å². The van der Waals surface area contributed by atoms with Crippen molar-refractivity contribution in [2.24, 2.45) is 5.73 Å². The van der Waals surface area contributed by atoms with Gasteiger partial charge in [-0.25, -0.2) is 0 Å². The summed E-state index contributed by atoms with van der Waals surface area (Å²) in [5, 5.41) is 2.94. The monoisotopic (exact) mass is 310 g/mol. The van der Waals surface area contributed by atoms with Gasteiger partial charge in [0.1, 0.15) is 5.75 Å². The van der Waals surface area contributed by atoms with Crippen LogP contribution in [-0.2, 0) is 0 Å². The van der Waals surface area contributed by atoms with Crippen molar-refractivity contribution in [3.05, 3.63) is 17.7 Å². The Morgan fingerprint density at radius 3 is 2.23 bits per heavy atom. The molecule has 1 unspecified atom stereocenters. The highest BCUT2D eigenvalue weighted by atomic mass is 16.5. The normalized spacial score (nSPS) is 11.7. The lowest BCUT2D eigenvalue weighted by atomic mass is 10.1. The molecule has 124 valence electrons. The van der Waals surface area contributed by atoms with Gasteiger partial charge < -0.3 is 25.3 Å². The quantitative estimate of drug-likeness (QED) is 0.728. The van der Waals surface area contributed by atoms with Gasteiger partial charge in [-0.3, -0.25) is 4.79 Å². The second kappa shape index (κ2) is 9.15. The number of hydrogen-bond acceptors (Lipinski definition) is 5. The van der Waals surface area contributed by atoms with E-state index in [1.54, 1.807) is 12.1 Å². The van der Waals surface area contributed by atoms with Crippen molar-refractivity contribution in [3.8, 4) is 17.2 Å². The Labute approximate surface area is 131 Å². The van der Waals surface area contributed by atoms with E-state index in [2.05, 4.69) is 12.2 Å². The molecule has 0 aliphatic carbocycles. The highest BCUT2D eigenvalue weighted by Gasteiger charge is 2.19. The zero-order valence-electron chi connectivity index (χ0n) is 13.8. The van der Waals surface area contributed by atoms with Gasteiger partial charge in [0.15, 0.2) is 11.5 Å². The molecular formula is C16H26N2O4. The van der Waals surface area contributed by atoms with Crippen molar-refractivity contribution in [3.63, 3.8) is 0 Å². The van der Waals surface area contributed by atoms with E-state index in [0.717, 1.165) is 19.3 Å². The number of ether oxygens (including phenoxy) is 3. The van der Waals surface area contributed by atoms with E-state index < -0.39 is 0 Å². The first-order chi connectivity index (χ1) is 10.6. The van der Waals surface area contributed by atoms with E-state index in [-0.39, 0.29) is 11.9 Å². The van der Waals surface area contributed by atoms with Gasteiger partial charge in [-0.15, -0.1) is 0 Å². The summed E-state index contributed by atoms with van der Waals surface area (Å²) in [5.74, 6) is 1.19. The lowest BCUT2D eigenvalue weighted by Gasteiger charge is -2.18. The summed E-state index contributed by atoms with van der Waals surface area (Å²) in [6, 6.07) is 3.20. The molecule has 0 bridgehead atoms. The molecule has 0 radical (unpaired) electrons. The van der Waals surface area contributed by atoms with Crippen LogP contribution in [-0.4, -0.2) is 39.8 Å². The largest absolute Gasteiger partial charge is 0.496 e. The second-order valence-electron chi connectivity index (χ2n) is 4.96. The fourth-order valence-corrected chi connectivity index (χ4v) is 2.17. The van der Waals surface area contributed by atoms with Crippen LogP contribution in [0.5, 0.6) is 17.2 Å². The Hall–Kier alpha value is -1.95. The van der Waals surface area contributed by atoms with E-state index in [1.807, 2.05) is 0 Å². The minimum absolute atomic E-state index is 0.0507. The summed E-state index contributed by atoms with van der Waals surface area (Å²) < 4.78 is 15.7. The molecule has 1 atom stereocenters. The maximum absolute atomic E-state index is 12.5. The van der Waals surface area contributed by atoms with Gasteiger partial charge in [-0.1, -0.05) is 19.8 Å². The summed E-state index contributed by atoms with van der Waals surface area (Å²) in [5.41, 5.74) is 6.12. The summed E-state index contributed by atoms with van der Waals surface area (Å²) in [4.78, 5) is 12.5. The molecule has 3 N–H and O–H groups in total. The highest BCUT2D eigenvalue weighted by Crippen LogP contribution is 2.34. The van der Waals surface area contributed by atoms with Crippen LogP contribution in [0.1, 0.15) is 36.5 Å². The van der Waals surface area contributed by atoms with Gasteiger partial charge in [0.2, 0.25) is 0 Å². The topological polar surface area (TPSA) is 82.8 Å². The molecule has 0 saturated carbocycles. The van der Waals surface area contributed by atoms with E-state index in [9.17, 15) is 4.79 Å². The van der Waals surface area contributed by atoms with Crippen LogP contribution >= 0.6 is 0 Å². The van der Waals surface area contributed by atoms with Crippen LogP contribution in [0.3, 0.4) is 0 Å². The molecule has 1 amide bonds. The molecule has 1 aromatic carbocycles. The first-order valence-corrected chi connectivity index (χ1v) is 7.42. The third kappa shape index (κ3) is 4.53. The number of benzene rings is 1. The maximum Gasteiger partial charge on any atom is 0.255 e. The van der Waals surface area contributed by atoms with Crippen molar-refractivity contribution in [2.45, 2.75) is 32.2 Å². The molecule has 0 saturated heterocycles. The number of hydrogen-bond donors (Lipinski definition) is 2. The van der Waals surface area contributed by atoms with Crippen molar-refractivity contribution in [2.75, 3.05) is 27.9 Å². The average Bonchev–Trinajstić information content (AvgIpc) is 2.56. The third-order valence-electron chi connectivity index (χ3n) is 3.48. The van der Waals surface area contributed by atoms with Gasteiger partial charge in [0.25, 0.3) is 5.91 Å². The first kappa shape index (κ1) is 18.1.